The second-order valence-corrected chi connectivity index (χ2v) is 6.09. The van der Waals surface area contributed by atoms with Crippen LogP contribution in [-0.4, -0.2) is 36.9 Å². The first-order chi connectivity index (χ1) is 11.3. The van der Waals surface area contributed by atoms with Gasteiger partial charge in [0.1, 0.15) is 17.4 Å². The molecule has 1 saturated heterocycles. The lowest BCUT2D eigenvalue weighted by Crippen LogP contribution is -2.18. The minimum atomic E-state index is -0.395. The van der Waals surface area contributed by atoms with E-state index in [0.29, 0.717) is 18.9 Å². The van der Waals surface area contributed by atoms with E-state index in [1.165, 1.54) is 11.3 Å². The number of rotatable bonds is 6. The minimum Gasteiger partial charge on any atom is -0.494 e. The fourth-order valence-electron chi connectivity index (χ4n) is 2.38. The molecule has 1 unspecified atom stereocenters. The average molecular weight is 333 g/mol. The number of hydrogen-bond donors (Lipinski definition) is 0. The van der Waals surface area contributed by atoms with Crippen LogP contribution < -0.4 is 4.74 Å². The molecule has 1 atom stereocenters. The number of aromatic nitrogens is 1. The molecule has 0 saturated carbocycles. The molecule has 1 aliphatic heterocycles. The first kappa shape index (κ1) is 16.0. The van der Waals surface area contributed by atoms with Crippen LogP contribution in [0.25, 0.3) is 10.6 Å². The van der Waals surface area contributed by atoms with Gasteiger partial charge in [0.25, 0.3) is 0 Å². The SMILES string of the molecule is CCOc1ccc(-c2nc(C(=O)OCC3CCCO3)cs2)cc1. The van der Waals surface area contributed by atoms with Gasteiger partial charge < -0.3 is 14.2 Å². The van der Waals surface area contributed by atoms with E-state index in [-0.39, 0.29) is 6.10 Å². The lowest BCUT2D eigenvalue weighted by Gasteiger charge is -2.08. The molecule has 0 bridgehead atoms. The zero-order valence-electron chi connectivity index (χ0n) is 13.0. The van der Waals surface area contributed by atoms with Gasteiger partial charge in [-0.05, 0) is 44.0 Å². The van der Waals surface area contributed by atoms with E-state index >= 15 is 0 Å². The molecule has 1 fully saturated rings. The zero-order valence-corrected chi connectivity index (χ0v) is 13.8. The highest BCUT2D eigenvalue weighted by molar-refractivity contribution is 7.13. The molecule has 122 valence electrons. The number of carbonyl (C=O) groups is 1. The van der Waals surface area contributed by atoms with Crippen LogP contribution in [0.4, 0.5) is 0 Å². The lowest BCUT2D eigenvalue weighted by atomic mass is 10.2. The summed E-state index contributed by atoms with van der Waals surface area (Å²) in [6.45, 7) is 3.64. The quantitative estimate of drug-likeness (QED) is 0.757. The van der Waals surface area contributed by atoms with Gasteiger partial charge in [-0.1, -0.05) is 0 Å². The van der Waals surface area contributed by atoms with Crippen LogP contribution in [0, 0.1) is 0 Å². The van der Waals surface area contributed by atoms with E-state index < -0.39 is 5.97 Å². The Labute approximate surface area is 139 Å². The van der Waals surface area contributed by atoms with Crippen LogP contribution >= 0.6 is 11.3 Å². The Hall–Kier alpha value is -1.92. The minimum absolute atomic E-state index is 0.0307. The maximum atomic E-state index is 12.0. The highest BCUT2D eigenvalue weighted by atomic mass is 32.1. The molecular formula is C17H19NO4S. The van der Waals surface area contributed by atoms with Crippen molar-refractivity contribution in [2.24, 2.45) is 0 Å². The van der Waals surface area contributed by atoms with Gasteiger partial charge >= 0.3 is 5.97 Å². The van der Waals surface area contributed by atoms with Crippen molar-refractivity contribution in [2.75, 3.05) is 19.8 Å². The maximum Gasteiger partial charge on any atom is 0.357 e. The van der Waals surface area contributed by atoms with Crippen LogP contribution in [0.3, 0.4) is 0 Å². The molecule has 0 amide bonds. The Morgan fingerprint density at radius 1 is 1.39 bits per heavy atom. The van der Waals surface area contributed by atoms with Gasteiger partial charge in [-0.3, -0.25) is 0 Å². The van der Waals surface area contributed by atoms with Crippen molar-refractivity contribution in [2.45, 2.75) is 25.9 Å². The van der Waals surface area contributed by atoms with Crippen molar-refractivity contribution in [1.82, 2.24) is 4.98 Å². The van der Waals surface area contributed by atoms with E-state index in [1.54, 1.807) is 5.38 Å². The van der Waals surface area contributed by atoms with Crippen LogP contribution in [0.15, 0.2) is 29.6 Å². The Morgan fingerprint density at radius 2 is 2.22 bits per heavy atom. The fourth-order valence-corrected chi connectivity index (χ4v) is 3.17. The summed E-state index contributed by atoms with van der Waals surface area (Å²) in [7, 11) is 0. The molecule has 0 radical (unpaired) electrons. The highest BCUT2D eigenvalue weighted by Crippen LogP contribution is 2.26. The molecule has 2 aromatic rings. The van der Waals surface area contributed by atoms with Crippen LogP contribution in [0.1, 0.15) is 30.3 Å². The highest BCUT2D eigenvalue weighted by Gasteiger charge is 2.19. The Balaban J connectivity index is 1.61. The predicted molar refractivity (Wildman–Crippen MR) is 88.0 cm³/mol. The van der Waals surface area contributed by atoms with Gasteiger partial charge in [0.15, 0.2) is 5.69 Å². The smallest absolute Gasteiger partial charge is 0.357 e. The van der Waals surface area contributed by atoms with Gasteiger partial charge in [0.2, 0.25) is 0 Å². The van der Waals surface area contributed by atoms with Crippen molar-refractivity contribution in [3.05, 3.63) is 35.3 Å². The standard InChI is InChI=1S/C17H19NO4S/c1-2-20-13-7-5-12(6-8-13)16-18-15(11-23-16)17(19)22-10-14-4-3-9-21-14/h5-8,11,14H,2-4,9-10H2,1H3. The predicted octanol–water partition coefficient (Wildman–Crippen LogP) is 3.54. The number of nitrogens with zero attached hydrogens (tertiary/aromatic N) is 1. The van der Waals surface area contributed by atoms with E-state index in [9.17, 15) is 4.79 Å². The summed E-state index contributed by atoms with van der Waals surface area (Å²) < 4.78 is 16.1. The third kappa shape index (κ3) is 4.09. The topological polar surface area (TPSA) is 57.7 Å². The van der Waals surface area contributed by atoms with Gasteiger partial charge in [0.05, 0.1) is 12.7 Å². The maximum absolute atomic E-state index is 12.0. The first-order valence-corrected chi connectivity index (χ1v) is 8.61. The molecule has 1 aliphatic rings. The molecule has 5 nitrogen and oxygen atoms in total. The first-order valence-electron chi connectivity index (χ1n) is 7.73. The summed E-state index contributed by atoms with van der Waals surface area (Å²) in [5.41, 5.74) is 1.30. The Bertz CT molecular complexity index is 647. The molecule has 2 heterocycles. The fraction of sp³-hybridized carbons (Fsp3) is 0.412. The van der Waals surface area contributed by atoms with E-state index in [4.69, 9.17) is 14.2 Å². The molecule has 0 spiro atoms. The third-order valence-electron chi connectivity index (χ3n) is 3.55. The summed E-state index contributed by atoms with van der Waals surface area (Å²) in [5, 5.41) is 2.51. The summed E-state index contributed by atoms with van der Waals surface area (Å²) in [4.78, 5) is 16.4. The molecule has 0 aliphatic carbocycles. The molecule has 1 aromatic carbocycles. The zero-order chi connectivity index (χ0) is 16.1. The number of esters is 1. The van der Waals surface area contributed by atoms with Gasteiger partial charge in [0, 0.05) is 17.6 Å². The summed E-state index contributed by atoms with van der Waals surface area (Å²) in [5.74, 6) is 0.429. The van der Waals surface area contributed by atoms with Crippen LogP contribution in [0.2, 0.25) is 0 Å². The summed E-state index contributed by atoms with van der Waals surface area (Å²) in [6.07, 6.45) is 2.01. The average Bonchev–Trinajstić information content (AvgIpc) is 3.25. The van der Waals surface area contributed by atoms with E-state index in [2.05, 4.69) is 4.98 Å². The van der Waals surface area contributed by atoms with Gasteiger partial charge in [-0.25, -0.2) is 9.78 Å². The molecule has 6 heteroatoms. The van der Waals surface area contributed by atoms with E-state index in [0.717, 1.165) is 35.8 Å². The van der Waals surface area contributed by atoms with E-state index in [1.807, 2.05) is 31.2 Å². The molecule has 1 aromatic heterocycles. The van der Waals surface area contributed by atoms with Crippen molar-refractivity contribution < 1.29 is 19.0 Å². The van der Waals surface area contributed by atoms with Crippen molar-refractivity contribution >= 4 is 17.3 Å². The second kappa shape index (κ2) is 7.57. The normalized spacial score (nSPS) is 17.2. The van der Waals surface area contributed by atoms with Crippen molar-refractivity contribution in [1.29, 1.82) is 0 Å². The summed E-state index contributed by atoms with van der Waals surface area (Å²) >= 11 is 1.42. The van der Waals surface area contributed by atoms with Crippen molar-refractivity contribution in [3.63, 3.8) is 0 Å². The number of thiazole rings is 1. The lowest BCUT2D eigenvalue weighted by molar-refractivity contribution is 0.0157. The van der Waals surface area contributed by atoms with Crippen LogP contribution in [0.5, 0.6) is 5.75 Å². The monoisotopic (exact) mass is 333 g/mol. The molecule has 0 N–H and O–H groups in total. The number of benzene rings is 1. The second-order valence-electron chi connectivity index (χ2n) is 5.23. The van der Waals surface area contributed by atoms with Gasteiger partial charge in [-0.15, -0.1) is 11.3 Å². The third-order valence-corrected chi connectivity index (χ3v) is 4.44. The van der Waals surface area contributed by atoms with Gasteiger partial charge in [-0.2, -0.15) is 0 Å². The van der Waals surface area contributed by atoms with Crippen LogP contribution in [-0.2, 0) is 9.47 Å². The number of carbonyl (C=O) groups excluding carboxylic acids is 1. The Kier molecular flexibility index (Phi) is 5.25. The number of hydrogen-bond acceptors (Lipinski definition) is 6. The largest absolute Gasteiger partial charge is 0.494 e. The number of ether oxygens (including phenoxy) is 3. The Morgan fingerprint density at radius 3 is 2.91 bits per heavy atom. The van der Waals surface area contributed by atoms with Crippen molar-refractivity contribution in [3.8, 4) is 16.3 Å². The molecule has 23 heavy (non-hydrogen) atoms. The molecule has 3 rings (SSSR count). The molecular weight excluding hydrogens is 314 g/mol. The summed E-state index contributed by atoms with van der Waals surface area (Å²) in [6, 6.07) is 7.67.